The number of rotatable bonds is 6. The van der Waals surface area contributed by atoms with Gasteiger partial charge in [0.2, 0.25) is 5.95 Å². The molecule has 0 radical (unpaired) electrons. The highest BCUT2D eigenvalue weighted by Crippen LogP contribution is 2.27. The molecule has 0 unspecified atom stereocenters. The van der Waals surface area contributed by atoms with Crippen molar-refractivity contribution in [2.45, 2.75) is 58.6 Å². The summed E-state index contributed by atoms with van der Waals surface area (Å²) in [6.45, 7) is 8.35. The van der Waals surface area contributed by atoms with Crippen LogP contribution in [-0.4, -0.2) is 34.2 Å². The van der Waals surface area contributed by atoms with Gasteiger partial charge in [-0.05, 0) is 64.3 Å². The van der Waals surface area contributed by atoms with E-state index >= 15 is 0 Å². The SMILES string of the molecule is CCCNc1nc(Nc2ccc(F)cc2)ncc1C#CC1CC(NC(=O)OC(C)(C)C)C1. The van der Waals surface area contributed by atoms with Gasteiger partial charge in [0, 0.05) is 24.2 Å². The number of hydrogen-bond acceptors (Lipinski definition) is 6. The Morgan fingerprint density at radius 3 is 2.62 bits per heavy atom. The van der Waals surface area contributed by atoms with E-state index in [0.29, 0.717) is 23.0 Å². The maximum Gasteiger partial charge on any atom is 0.407 e. The molecule has 8 heteroatoms. The fourth-order valence-corrected chi connectivity index (χ4v) is 3.08. The monoisotopic (exact) mass is 439 g/mol. The van der Waals surface area contributed by atoms with Gasteiger partial charge in [-0.15, -0.1) is 0 Å². The third-order valence-electron chi connectivity index (χ3n) is 4.70. The number of carbonyl (C=O) groups is 1. The van der Waals surface area contributed by atoms with Crippen LogP contribution < -0.4 is 16.0 Å². The molecule has 32 heavy (non-hydrogen) atoms. The minimum atomic E-state index is -0.507. The fraction of sp³-hybridized carbons (Fsp3) is 0.458. The first kappa shape index (κ1) is 23.3. The summed E-state index contributed by atoms with van der Waals surface area (Å²) in [5, 5.41) is 9.24. The molecule has 0 bridgehead atoms. The maximum absolute atomic E-state index is 13.1. The van der Waals surface area contributed by atoms with E-state index in [1.54, 1.807) is 18.3 Å². The van der Waals surface area contributed by atoms with E-state index in [0.717, 1.165) is 25.8 Å². The standard InChI is InChI=1S/C24H30FN5O2/c1-5-12-26-21-17(15-27-22(30-21)28-19-10-8-18(25)9-11-19)7-6-16-13-20(14-16)29-23(31)32-24(2,3)4/h8-11,15-16,20H,5,12-14H2,1-4H3,(H,29,31)(H2,26,27,28,30). The van der Waals surface area contributed by atoms with Crippen LogP contribution in [0.1, 0.15) is 52.5 Å². The van der Waals surface area contributed by atoms with Crippen molar-refractivity contribution >= 4 is 23.5 Å². The van der Waals surface area contributed by atoms with Gasteiger partial charge in [0.25, 0.3) is 0 Å². The number of ether oxygens (including phenoxy) is 1. The quantitative estimate of drug-likeness (QED) is 0.559. The van der Waals surface area contributed by atoms with Gasteiger partial charge in [-0.3, -0.25) is 0 Å². The molecular weight excluding hydrogens is 409 g/mol. The Morgan fingerprint density at radius 1 is 1.25 bits per heavy atom. The molecular formula is C24H30FN5O2. The molecule has 0 atom stereocenters. The molecule has 3 rings (SSSR count). The number of carbonyl (C=O) groups excluding carboxylic acids is 1. The molecule has 0 aliphatic heterocycles. The summed E-state index contributed by atoms with van der Waals surface area (Å²) in [5.74, 6) is 7.39. The number of nitrogens with one attached hydrogen (secondary N) is 3. The van der Waals surface area contributed by atoms with Crippen LogP contribution in [-0.2, 0) is 4.74 Å². The van der Waals surface area contributed by atoms with Crippen molar-refractivity contribution in [1.29, 1.82) is 0 Å². The number of nitrogens with zero attached hydrogens (tertiary/aromatic N) is 2. The van der Waals surface area contributed by atoms with Gasteiger partial charge in [-0.1, -0.05) is 18.8 Å². The summed E-state index contributed by atoms with van der Waals surface area (Å²) in [4.78, 5) is 20.7. The normalized spacial score (nSPS) is 17.4. The first-order valence-corrected chi connectivity index (χ1v) is 10.9. The largest absolute Gasteiger partial charge is 0.444 e. The van der Waals surface area contributed by atoms with Crippen molar-refractivity contribution in [2.24, 2.45) is 5.92 Å². The van der Waals surface area contributed by atoms with E-state index in [9.17, 15) is 9.18 Å². The molecule has 0 saturated heterocycles. The average molecular weight is 440 g/mol. The minimum Gasteiger partial charge on any atom is -0.444 e. The predicted molar refractivity (Wildman–Crippen MR) is 123 cm³/mol. The van der Waals surface area contributed by atoms with Gasteiger partial charge in [0.05, 0.1) is 11.8 Å². The van der Waals surface area contributed by atoms with Crippen LogP contribution in [0.25, 0.3) is 0 Å². The zero-order valence-corrected chi connectivity index (χ0v) is 19.0. The molecule has 1 fully saturated rings. The first-order chi connectivity index (χ1) is 15.2. The molecule has 7 nitrogen and oxygen atoms in total. The Morgan fingerprint density at radius 2 is 1.97 bits per heavy atom. The molecule has 1 heterocycles. The number of alkyl carbamates (subject to hydrolysis) is 1. The highest BCUT2D eigenvalue weighted by Gasteiger charge is 2.30. The smallest absolute Gasteiger partial charge is 0.407 e. The van der Waals surface area contributed by atoms with Crippen LogP contribution >= 0.6 is 0 Å². The third-order valence-corrected chi connectivity index (χ3v) is 4.70. The van der Waals surface area contributed by atoms with E-state index in [4.69, 9.17) is 4.74 Å². The average Bonchev–Trinajstić information content (AvgIpc) is 2.69. The summed E-state index contributed by atoms with van der Waals surface area (Å²) in [7, 11) is 0. The summed E-state index contributed by atoms with van der Waals surface area (Å²) in [6, 6.07) is 6.10. The molecule has 1 aromatic carbocycles. The van der Waals surface area contributed by atoms with E-state index in [1.807, 2.05) is 20.8 Å². The number of aromatic nitrogens is 2. The summed E-state index contributed by atoms with van der Waals surface area (Å²) >= 11 is 0. The summed E-state index contributed by atoms with van der Waals surface area (Å²) in [5.41, 5.74) is 0.906. The van der Waals surface area contributed by atoms with Crippen LogP contribution in [0.4, 0.5) is 26.6 Å². The van der Waals surface area contributed by atoms with Gasteiger partial charge in [-0.2, -0.15) is 4.98 Å². The lowest BCUT2D eigenvalue weighted by molar-refractivity contribution is 0.0467. The lowest BCUT2D eigenvalue weighted by Crippen LogP contribution is -2.45. The lowest BCUT2D eigenvalue weighted by Gasteiger charge is -2.33. The van der Waals surface area contributed by atoms with Crippen LogP contribution in [0.2, 0.25) is 0 Å². The van der Waals surface area contributed by atoms with Gasteiger partial charge >= 0.3 is 6.09 Å². The molecule has 1 saturated carbocycles. The second kappa shape index (κ2) is 10.3. The van der Waals surface area contributed by atoms with Crippen molar-refractivity contribution < 1.29 is 13.9 Å². The molecule has 3 N–H and O–H groups in total. The first-order valence-electron chi connectivity index (χ1n) is 10.9. The molecule has 1 amide bonds. The van der Waals surface area contributed by atoms with Crippen molar-refractivity contribution in [3.63, 3.8) is 0 Å². The number of halogens is 1. The molecule has 0 spiro atoms. The predicted octanol–water partition coefficient (Wildman–Crippen LogP) is 4.84. The van der Waals surface area contributed by atoms with Gasteiger partial charge < -0.3 is 20.7 Å². The highest BCUT2D eigenvalue weighted by molar-refractivity contribution is 5.68. The maximum atomic E-state index is 13.1. The number of hydrogen-bond donors (Lipinski definition) is 3. The van der Waals surface area contributed by atoms with Gasteiger partial charge in [0.1, 0.15) is 17.2 Å². The summed E-state index contributed by atoms with van der Waals surface area (Å²) in [6.07, 6.45) is 3.80. The van der Waals surface area contributed by atoms with E-state index < -0.39 is 11.7 Å². The topological polar surface area (TPSA) is 88.2 Å². The van der Waals surface area contributed by atoms with Crippen molar-refractivity contribution in [3.05, 3.63) is 41.8 Å². The Kier molecular flexibility index (Phi) is 7.52. The molecule has 1 aromatic heterocycles. The number of anilines is 3. The Balaban J connectivity index is 1.61. The number of benzene rings is 1. The van der Waals surface area contributed by atoms with Crippen LogP contribution in [0.5, 0.6) is 0 Å². The van der Waals surface area contributed by atoms with E-state index in [1.165, 1.54) is 12.1 Å². The Labute approximate surface area is 188 Å². The highest BCUT2D eigenvalue weighted by atomic mass is 19.1. The van der Waals surface area contributed by atoms with Crippen molar-refractivity contribution in [2.75, 3.05) is 17.2 Å². The molecule has 1 aliphatic carbocycles. The second-order valence-corrected chi connectivity index (χ2v) is 8.80. The summed E-state index contributed by atoms with van der Waals surface area (Å²) < 4.78 is 18.4. The van der Waals surface area contributed by atoms with Crippen molar-refractivity contribution in [3.8, 4) is 11.8 Å². The van der Waals surface area contributed by atoms with Gasteiger partial charge in [0.15, 0.2) is 0 Å². The van der Waals surface area contributed by atoms with Crippen LogP contribution in [0.3, 0.4) is 0 Å². The zero-order valence-electron chi connectivity index (χ0n) is 19.0. The molecule has 1 aliphatic rings. The van der Waals surface area contributed by atoms with Gasteiger partial charge in [-0.25, -0.2) is 14.2 Å². The third kappa shape index (κ3) is 7.12. The molecule has 170 valence electrons. The Hall–Kier alpha value is -3.34. The van der Waals surface area contributed by atoms with E-state index in [2.05, 4.69) is 44.7 Å². The zero-order chi connectivity index (χ0) is 23.1. The Bertz CT molecular complexity index is 986. The van der Waals surface area contributed by atoms with Crippen LogP contribution in [0, 0.1) is 23.6 Å². The fourth-order valence-electron chi connectivity index (χ4n) is 3.08. The molecule has 2 aromatic rings. The number of amides is 1. The van der Waals surface area contributed by atoms with Crippen molar-refractivity contribution in [1.82, 2.24) is 15.3 Å². The van der Waals surface area contributed by atoms with E-state index in [-0.39, 0.29) is 17.8 Å². The lowest BCUT2D eigenvalue weighted by atomic mass is 9.81. The van der Waals surface area contributed by atoms with Crippen LogP contribution in [0.15, 0.2) is 30.5 Å². The second-order valence-electron chi connectivity index (χ2n) is 8.80. The minimum absolute atomic E-state index is 0.0837.